The third kappa shape index (κ3) is 10.7. The van der Waals surface area contributed by atoms with E-state index in [1.165, 1.54) is 0 Å². The fourth-order valence-corrected chi connectivity index (χ4v) is 4.24. The molecule has 0 radical (unpaired) electrons. The van der Waals surface area contributed by atoms with Gasteiger partial charge in [-0.25, -0.2) is 0 Å². The van der Waals surface area contributed by atoms with E-state index in [4.69, 9.17) is 23.7 Å². The average molecular weight is 523 g/mol. The molecule has 208 valence electrons. The summed E-state index contributed by atoms with van der Waals surface area (Å²) in [6.07, 6.45) is 12.8. The van der Waals surface area contributed by atoms with Gasteiger partial charge >= 0.3 is 23.9 Å². The first-order chi connectivity index (χ1) is 18.0. The summed E-state index contributed by atoms with van der Waals surface area (Å²) >= 11 is 0. The minimum atomic E-state index is -0.564. The Morgan fingerprint density at radius 2 is 0.811 bits per heavy atom. The van der Waals surface area contributed by atoms with Gasteiger partial charge in [-0.3, -0.25) is 19.2 Å². The van der Waals surface area contributed by atoms with Crippen molar-refractivity contribution in [2.45, 2.75) is 65.2 Å². The van der Waals surface area contributed by atoms with Crippen molar-refractivity contribution >= 4 is 23.9 Å². The molecule has 0 aliphatic heterocycles. The van der Waals surface area contributed by atoms with E-state index in [2.05, 4.69) is 0 Å². The molecule has 0 bridgehead atoms. The predicted molar refractivity (Wildman–Crippen MR) is 135 cm³/mol. The first-order valence-electron chi connectivity index (χ1n) is 13.5. The van der Waals surface area contributed by atoms with Gasteiger partial charge in [-0.2, -0.15) is 0 Å². The molecule has 9 nitrogen and oxygen atoms in total. The second-order valence-corrected chi connectivity index (χ2v) is 9.30. The van der Waals surface area contributed by atoms with Gasteiger partial charge in [-0.05, 0) is 38.5 Å². The molecule has 0 heterocycles. The van der Waals surface area contributed by atoms with Gasteiger partial charge in [0.15, 0.2) is 0 Å². The Bertz CT molecular complexity index is 725. The van der Waals surface area contributed by atoms with Crippen molar-refractivity contribution in [1.29, 1.82) is 0 Å². The zero-order valence-corrected chi connectivity index (χ0v) is 22.2. The maximum atomic E-state index is 12.5. The van der Waals surface area contributed by atoms with E-state index in [1.54, 1.807) is 0 Å². The van der Waals surface area contributed by atoms with Gasteiger partial charge in [0.25, 0.3) is 0 Å². The molecule has 0 fully saturated rings. The number of allylic oxidation sites excluding steroid dienone is 4. The molecule has 0 saturated heterocycles. The lowest BCUT2D eigenvalue weighted by Gasteiger charge is -2.25. The van der Waals surface area contributed by atoms with Crippen molar-refractivity contribution in [3.8, 4) is 0 Å². The van der Waals surface area contributed by atoms with Gasteiger partial charge < -0.3 is 23.7 Å². The van der Waals surface area contributed by atoms with Crippen LogP contribution in [-0.4, -0.2) is 63.5 Å². The minimum Gasteiger partial charge on any atom is -0.465 e. The van der Waals surface area contributed by atoms with Gasteiger partial charge in [-0.15, -0.1) is 0 Å². The summed E-state index contributed by atoms with van der Waals surface area (Å²) < 4.78 is 26.7. The molecule has 4 atom stereocenters. The normalized spacial score (nSPS) is 22.8. The van der Waals surface area contributed by atoms with E-state index < -0.39 is 35.6 Å². The standard InChI is InChI=1S/C28H42O9/c1-3-5-15-34-25(29)21-11-7-9-13-23(21)27(31)36-19-17-33-18-20-37-28(32)24-14-10-8-12-22(24)26(30)35-16-6-4-2/h7-10,21-24H,3-6,11-20H2,1-2H3/t21-,22-,23+,24+/m0/s1. The molecule has 37 heavy (non-hydrogen) atoms. The number of ether oxygens (including phenoxy) is 5. The highest BCUT2D eigenvalue weighted by Gasteiger charge is 2.37. The first-order valence-corrected chi connectivity index (χ1v) is 13.5. The van der Waals surface area contributed by atoms with Crippen LogP contribution in [-0.2, 0) is 42.9 Å². The van der Waals surface area contributed by atoms with E-state index in [1.807, 2.05) is 38.2 Å². The van der Waals surface area contributed by atoms with Crippen molar-refractivity contribution in [1.82, 2.24) is 0 Å². The van der Waals surface area contributed by atoms with Crippen LogP contribution in [0, 0.1) is 23.7 Å². The van der Waals surface area contributed by atoms with Crippen LogP contribution in [0.2, 0.25) is 0 Å². The molecule has 2 rings (SSSR count). The summed E-state index contributed by atoms with van der Waals surface area (Å²) in [6.45, 7) is 5.08. The predicted octanol–water partition coefficient (Wildman–Crippen LogP) is 3.94. The van der Waals surface area contributed by atoms with Gasteiger partial charge in [0.1, 0.15) is 13.2 Å². The van der Waals surface area contributed by atoms with Crippen molar-refractivity contribution in [3.05, 3.63) is 24.3 Å². The second kappa shape index (κ2) is 17.7. The zero-order chi connectivity index (χ0) is 26.9. The fourth-order valence-electron chi connectivity index (χ4n) is 4.24. The number of hydrogen-bond acceptors (Lipinski definition) is 9. The summed E-state index contributed by atoms with van der Waals surface area (Å²) in [5.41, 5.74) is 0. The van der Waals surface area contributed by atoms with Gasteiger partial charge in [0.2, 0.25) is 0 Å². The van der Waals surface area contributed by atoms with Crippen LogP contribution in [0.4, 0.5) is 0 Å². The van der Waals surface area contributed by atoms with Gasteiger partial charge in [0, 0.05) is 0 Å². The van der Waals surface area contributed by atoms with E-state index in [-0.39, 0.29) is 38.4 Å². The zero-order valence-electron chi connectivity index (χ0n) is 22.2. The number of rotatable bonds is 16. The topological polar surface area (TPSA) is 114 Å². The smallest absolute Gasteiger partial charge is 0.310 e. The first kappa shape index (κ1) is 30.5. The molecular formula is C28H42O9. The van der Waals surface area contributed by atoms with Crippen LogP contribution in [0.15, 0.2) is 24.3 Å². The largest absolute Gasteiger partial charge is 0.465 e. The number of carbonyl (C=O) groups is 4. The Kier molecular flexibility index (Phi) is 14.6. The minimum absolute atomic E-state index is 0.0314. The van der Waals surface area contributed by atoms with Crippen molar-refractivity contribution in [3.63, 3.8) is 0 Å². The molecule has 0 aromatic rings. The van der Waals surface area contributed by atoms with Crippen LogP contribution in [0.5, 0.6) is 0 Å². The summed E-state index contributed by atoms with van der Waals surface area (Å²) in [5.74, 6) is -3.80. The van der Waals surface area contributed by atoms with E-state index in [0.29, 0.717) is 38.9 Å². The van der Waals surface area contributed by atoms with Crippen LogP contribution in [0.3, 0.4) is 0 Å². The van der Waals surface area contributed by atoms with Crippen LogP contribution in [0.1, 0.15) is 65.2 Å². The SMILES string of the molecule is CCCCOC(=O)[C@H]1CC=CC[C@H]1C(=O)OCCOCCOC(=O)[C@@H]1CC=CC[C@@H]1C(=O)OCCCC. The van der Waals surface area contributed by atoms with Crippen molar-refractivity contribution < 1.29 is 42.9 Å². The molecule has 0 N–H and O–H groups in total. The molecule has 0 unspecified atom stereocenters. The Hall–Kier alpha value is -2.68. The van der Waals surface area contributed by atoms with Crippen molar-refractivity contribution in [2.24, 2.45) is 23.7 Å². The molecule has 2 aliphatic carbocycles. The third-order valence-electron chi connectivity index (χ3n) is 6.50. The van der Waals surface area contributed by atoms with Crippen LogP contribution in [0.25, 0.3) is 0 Å². The van der Waals surface area contributed by atoms with Gasteiger partial charge in [0.05, 0.1) is 50.1 Å². The van der Waals surface area contributed by atoms with Crippen LogP contribution >= 0.6 is 0 Å². The van der Waals surface area contributed by atoms with Crippen molar-refractivity contribution in [2.75, 3.05) is 39.6 Å². The van der Waals surface area contributed by atoms with Gasteiger partial charge in [-0.1, -0.05) is 51.0 Å². The Labute approximate surface area is 219 Å². The molecule has 2 aliphatic rings. The summed E-state index contributed by atoms with van der Waals surface area (Å²) in [4.78, 5) is 49.8. The summed E-state index contributed by atoms with van der Waals surface area (Å²) in [6, 6.07) is 0. The Morgan fingerprint density at radius 1 is 0.514 bits per heavy atom. The summed E-state index contributed by atoms with van der Waals surface area (Å²) in [5, 5.41) is 0. The Balaban J connectivity index is 1.64. The molecule has 0 spiro atoms. The van der Waals surface area contributed by atoms with E-state index in [9.17, 15) is 19.2 Å². The maximum absolute atomic E-state index is 12.5. The maximum Gasteiger partial charge on any atom is 0.310 e. The lowest BCUT2D eigenvalue weighted by atomic mass is 9.83. The number of esters is 4. The quantitative estimate of drug-likeness (QED) is 0.129. The molecule has 0 amide bonds. The lowest BCUT2D eigenvalue weighted by Crippen LogP contribution is -2.34. The number of unbranched alkanes of at least 4 members (excludes halogenated alkanes) is 2. The highest BCUT2D eigenvalue weighted by atomic mass is 16.6. The third-order valence-corrected chi connectivity index (χ3v) is 6.50. The molecule has 9 heteroatoms. The summed E-state index contributed by atoms with van der Waals surface area (Å²) in [7, 11) is 0. The molecular weight excluding hydrogens is 480 g/mol. The van der Waals surface area contributed by atoms with E-state index >= 15 is 0 Å². The fraction of sp³-hybridized carbons (Fsp3) is 0.714. The highest BCUT2D eigenvalue weighted by molar-refractivity contribution is 5.83. The number of hydrogen-bond donors (Lipinski definition) is 0. The average Bonchev–Trinajstić information content (AvgIpc) is 2.92. The lowest BCUT2D eigenvalue weighted by molar-refractivity contribution is -0.163. The Morgan fingerprint density at radius 3 is 1.11 bits per heavy atom. The second-order valence-electron chi connectivity index (χ2n) is 9.30. The van der Waals surface area contributed by atoms with Crippen LogP contribution < -0.4 is 0 Å². The highest BCUT2D eigenvalue weighted by Crippen LogP contribution is 2.29. The van der Waals surface area contributed by atoms with E-state index in [0.717, 1.165) is 25.7 Å². The molecule has 0 aromatic heterocycles. The molecule has 0 saturated carbocycles. The monoisotopic (exact) mass is 522 g/mol. The molecule has 0 aromatic carbocycles. The number of carbonyl (C=O) groups excluding carboxylic acids is 4.